The van der Waals surface area contributed by atoms with Gasteiger partial charge in [0.1, 0.15) is 11.5 Å². The molecule has 2 aromatic rings. The molecule has 2 aromatic carbocycles. The van der Waals surface area contributed by atoms with Crippen LogP contribution in [0.4, 0.5) is 0 Å². The number of ether oxygens (including phenoxy) is 2. The van der Waals surface area contributed by atoms with Crippen LogP contribution in [-0.2, 0) is 4.79 Å². The van der Waals surface area contributed by atoms with E-state index in [4.69, 9.17) is 14.6 Å². The lowest BCUT2D eigenvalue weighted by Crippen LogP contribution is -1.98. The number of aliphatic carboxylic acids is 1. The summed E-state index contributed by atoms with van der Waals surface area (Å²) in [5.74, 6) is 0.989. The Morgan fingerprint density at radius 1 is 0.833 bits per heavy atom. The molecule has 0 heterocycles. The maximum absolute atomic E-state index is 10.4. The number of unbranched alkanes of at least 4 members (excludes halogenated alkanes) is 3. The highest BCUT2D eigenvalue weighted by atomic mass is 16.5. The van der Waals surface area contributed by atoms with Crippen molar-refractivity contribution >= 4 is 5.97 Å². The van der Waals surface area contributed by atoms with Crippen molar-refractivity contribution in [1.29, 1.82) is 0 Å². The zero-order valence-corrected chi connectivity index (χ0v) is 14.0. The van der Waals surface area contributed by atoms with Gasteiger partial charge in [0.25, 0.3) is 0 Å². The lowest BCUT2D eigenvalue weighted by Gasteiger charge is -2.08. The molecule has 0 aliphatic rings. The molecule has 0 aliphatic carbocycles. The fourth-order valence-corrected chi connectivity index (χ4v) is 2.45. The lowest BCUT2D eigenvalue weighted by atomic mass is 10.1. The summed E-state index contributed by atoms with van der Waals surface area (Å²) in [4.78, 5) is 10.4. The van der Waals surface area contributed by atoms with Crippen molar-refractivity contribution in [3.8, 4) is 22.6 Å². The molecule has 0 amide bonds. The van der Waals surface area contributed by atoms with Gasteiger partial charge in [0.2, 0.25) is 0 Å². The first-order valence-corrected chi connectivity index (χ1v) is 8.28. The molecule has 0 aliphatic heterocycles. The number of carboxylic acid groups (broad SMARTS) is 1. The van der Waals surface area contributed by atoms with E-state index in [1.807, 2.05) is 48.5 Å². The SMILES string of the molecule is COc1ccc(-c2ccc(OCCCCCCC(=O)O)cc2)cc1. The van der Waals surface area contributed by atoms with Crippen molar-refractivity contribution < 1.29 is 19.4 Å². The van der Waals surface area contributed by atoms with E-state index in [-0.39, 0.29) is 6.42 Å². The molecule has 24 heavy (non-hydrogen) atoms. The fourth-order valence-electron chi connectivity index (χ4n) is 2.45. The second kappa shape index (κ2) is 9.60. The second-order valence-corrected chi connectivity index (χ2v) is 5.66. The van der Waals surface area contributed by atoms with Crippen molar-refractivity contribution in [1.82, 2.24) is 0 Å². The highest BCUT2D eigenvalue weighted by molar-refractivity contribution is 5.66. The predicted octanol–water partition coefficient (Wildman–Crippen LogP) is 4.78. The Kier molecular flexibility index (Phi) is 7.15. The van der Waals surface area contributed by atoms with Crippen LogP contribution in [0.2, 0.25) is 0 Å². The molecule has 0 spiro atoms. The minimum atomic E-state index is -0.719. The van der Waals surface area contributed by atoms with Crippen LogP contribution < -0.4 is 9.47 Å². The van der Waals surface area contributed by atoms with Crippen LogP contribution in [0.5, 0.6) is 11.5 Å². The molecule has 4 nitrogen and oxygen atoms in total. The van der Waals surface area contributed by atoms with Gasteiger partial charge in [-0.15, -0.1) is 0 Å². The highest BCUT2D eigenvalue weighted by Gasteiger charge is 2.00. The van der Waals surface area contributed by atoms with E-state index in [1.54, 1.807) is 7.11 Å². The fraction of sp³-hybridized carbons (Fsp3) is 0.350. The summed E-state index contributed by atoms with van der Waals surface area (Å²) in [5.41, 5.74) is 2.28. The third-order valence-electron chi connectivity index (χ3n) is 3.83. The Bertz CT molecular complexity index is 617. The summed E-state index contributed by atoms with van der Waals surface area (Å²) in [5, 5.41) is 8.56. The average Bonchev–Trinajstić information content (AvgIpc) is 2.61. The van der Waals surface area contributed by atoms with Gasteiger partial charge in [0.05, 0.1) is 13.7 Å². The minimum Gasteiger partial charge on any atom is -0.497 e. The molecule has 0 atom stereocenters. The van der Waals surface area contributed by atoms with Crippen LogP contribution in [0.15, 0.2) is 48.5 Å². The maximum atomic E-state index is 10.4. The summed E-state index contributed by atoms with van der Waals surface area (Å²) in [6, 6.07) is 16.0. The van der Waals surface area contributed by atoms with E-state index < -0.39 is 5.97 Å². The molecule has 0 bridgehead atoms. The standard InChI is InChI=1S/C20H24O4/c1-23-18-11-7-16(8-12-18)17-9-13-19(14-10-17)24-15-5-3-2-4-6-20(21)22/h7-14H,2-6,15H2,1H3,(H,21,22). The smallest absolute Gasteiger partial charge is 0.303 e. The van der Waals surface area contributed by atoms with Gasteiger partial charge in [-0.05, 0) is 48.2 Å². The number of carboxylic acids is 1. The van der Waals surface area contributed by atoms with Crippen LogP contribution in [0.1, 0.15) is 32.1 Å². The molecule has 2 rings (SSSR count). The monoisotopic (exact) mass is 328 g/mol. The second-order valence-electron chi connectivity index (χ2n) is 5.66. The summed E-state index contributed by atoms with van der Waals surface area (Å²) < 4.78 is 10.9. The number of hydrogen-bond acceptors (Lipinski definition) is 3. The summed E-state index contributed by atoms with van der Waals surface area (Å²) in [7, 11) is 1.66. The number of rotatable bonds is 10. The highest BCUT2D eigenvalue weighted by Crippen LogP contribution is 2.24. The van der Waals surface area contributed by atoms with E-state index in [2.05, 4.69) is 0 Å². The van der Waals surface area contributed by atoms with Crippen LogP contribution in [0, 0.1) is 0 Å². The first kappa shape index (κ1) is 17.9. The van der Waals surface area contributed by atoms with E-state index in [1.165, 1.54) is 0 Å². The molecule has 128 valence electrons. The van der Waals surface area contributed by atoms with Gasteiger partial charge in [-0.25, -0.2) is 0 Å². The van der Waals surface area contributed by atoms with E-state index in [9.17, 15) is 4.79 Å². The van der Waals surface area contributed by atoms with Gasteiger partial charge in [0.15, 0.2) is 0 Å². The minimum absolute atomic E-state index is 0.258. The van der Waals surface area contributed by atoms with Gasteiger partial charge in [-0.1, -0.05) is 37.1 Å². The summed E-state index contributed by atoms with van der Waals surface area (Å²) >= 11 is 0. The molecule has 0 saturated carbocycles. The van der Waals surface area contributed by atoms with Crippen LogP contribution in [0.3, 0.4) is 0 Å². The lowest BCUT2D eigenvalue weighted by molar-refractivity contribution is -0.137. The number of benzene rings is 2. The zero-order valence-electron chi connectivity index (χ0n) is 14.0. The zero-order chi connectivity index (χ0) is 17.2. The van der Waals surface area contributed by atoms with Crippen LogP contribution in [-0.4, -0.2) is 24.8 Å². The predicted molar refractivity (Wildman–Crippen MR) is 94.6 cm³/mol. The normalized spacial score (nSPS) is 10.4. The molecule has 0 aromatic heterocycles. The first-order chi connectivity index (χ1) is 11.7. The molecule has 0 saturated heterocycles. The molecule has 0 unspecified atom stereocenters. The Balaban J connectivity index is 1.72. The quantitative estimate of drug-likeness (QED) is 0.638. The van der Waals surface area contributed by atoms with Gasteiger partial charge in [0, 0.05) is 6.42 Å². The van der Waals surface area contributed by atoms with Gasteiger partial charge in [-0.3, -0.25) is 4.79 Å². The summed E-state index contributed by atoms with van der Waals surface area (Å²) in [6.45, 7) is 0.662. The molecular formula is C20H24O4. The third kappa shape index (κ3) is 5.95. The molecule has 4 heteroatoms. The number of hydrogen-bond donors (Lipinski definition) is 1. The third-order valence-corrected chi connectivity index (χ3v) is 3.83. The number of carbonyl (C=O) groups is 1. The molecule has 0 fully saturated rings. The number of methoxy groups -OCH3 is 1. The molecule has 0 radical (unpaired) electrons. The maximum Gasteiger partial charge on any atom is 0.303 e. The van der Waals surface area contributed by atoms with Gasteiger partial charge >= 0.3 is 5.97 Å². The van der Waals surface area contributed by atoms with E-state index in [0.29, 0.717) is 6.61 Å². The Morgan fingerprint density at radius 2 is 1.38 bits per heavy atom. The Hall–Kier alpha value is -2.49. The Morgan fingerprint density at radius 3 is 1.92 bits per heavy atom. The van der Waals surface area contributed by atoms with Crippen molar-refractivity contribution in [2.75, 3.05) is 13.7 Å². The van der Waals surface area contributed by atoms with E-state index in [0.717, 1.165) is 48.3 Å². The van der Waals surface area contributed by atoms with Crippen LogP contribution >= 0.6 is 0 Å². The van der Waals surface area contributed by atoms with Crippen molar-refractivity contribution in [2.45, 2.75) is 32.1 Å². The summed E-state index contributed by atoms with van der Waals surface area (Å²) in [6.07, 6.45) is 3.88. The van der Waals surface area contributed by atoms with Crippen molar-refractivity contribution in [2.24, 2.45) is 0 Å². The largest absolute Gasteiger partial charge is 0.497 e. The Labute approximate surface area is 143 Å². The van der Waals surface area contributed by atoms with Gasteiger partial charge in [-0.2, -0.15) is 0 Å². The van der Waals surface area contributed by atoms with E-state index >= 15 is 0 Å². The van der Waals surface area contributed by atoms with Crippen LogP contribution in [0.25, 0.3) is 11.1 Å². The molecular weight excluding hydrogens is 304 g/mol. The van der Waals surface area contributed by atoms with Gasteiger partial charge < -0.3 is 14.6 Å². The van der Waals surface area contributed by atoms with Crippen molar-refractivity contribution in [3.05, 3.63) is 48.5 Å². The van der Waals surface area contributed by atoms with Crippen molar-refractivity contribution in [3.63, 3.8) is 0 Å². The topological polar surface area (TPSA) is 55.8 Å². The average molecular weight is 328 g/mol. The molecule has 1 N–H and O–H groups in total. The first-order valence-electron chi connectivity index (χ1n) is 8.28.